The van der Waals surface area contributed by atoms with Crippen LogP contribution in [0.4, 0.5) is 0 Å². The number of amides is 1. The first-order chi connectivity index (χ1) is 12.2. The molecule has 4 nitrogen and oxygen atoms in total. The Labute approximate surface area is 147 Å². The second-order valence-electron chi connectivity index (χ2n) is 6.61. The van der Waals surface area contributed by atoms with Crippen molar-refractivity contribution < 1.29 is 9.32 Å². The van der Waals surface area contributed by atoms with Crippen LogP contribution in [0.1, 0.15) is 40.6 Å². The van der Waals surface area contributed by atoms with Crippen LogP contribution in [-0.2, 0) is 6.54 Å². The molecular weight excluding hydrogens is 312 g/mol. The number of carbonyl (C=O) groups is 1. The lowest BCUT2D eigenvalue weighted by atomic mass is 10.0. The molecule has 1 fully saturated rings. The number of nitrogens with zero attached hydrogens (tertiary/aromatic N) is 2. The van der Waals surface area contributed by atoms with Crippen molar-refractivity contribution in [3.63, 3.8) is 0 Å². The van der Waals surface area contributed by atoms with E-state index in [1.807, 2.05) is 18.2 Å². The molecule has 1 aromatic heterocycles. The summed E-state index contributed by atoms with van der Waals surface area (Å²) < 4.78 is 5.28. The predicted octanol–water partition coefficient (Wildman–Crippen LogP) is 4.49. The minimum absolute atomic E-state index is 0.109. The Morgan fingerprint density at radius 3 is 2.44 bits per heavy atom. The third kappa shape index (κ3) is 3.48. The molecule has 0 atom stereocenters. The molecule has 1 amide bonds. The summed E-state index contributed by atoms with van der Waals surface area (Å²) in [7, 11) is 1.79. The molecule has 4 rings (SSSR count). The molecule has 1 heterocycles. The summed E-state index contributed by atoms with van der Waals surface area (Å²) in [6, 6.07) is 20.3. The molecule has 0 bridgehead atoms. The minimum Gasteiger partial charge on any atom is -0.360 e. The standard InChI is InChI=1S/C21H20N2O2/c1-23(21(24)19-13-20(25-22-19)18-11-12-18)14-15-7-9-17(10-8-15)16-5-3-2-4-6-16/h2-10,13,18H,11-12,14H2,1H3. The van der Waals surface area contributed by atoms with Gasteiger partial charge >= 0.3 is 0 Å². The van der Waals surface area contributed by atoms with Gasteiger partial charge in [-0.25, -0.2) is 0 Å². The molecule has 3 aromatic rings. The fraction of sp³-hybridized carbons (Fsp3) is 0.238. The zero-order valence-corrected chi connectivity index (χ0v) is 14.2. The Bertz CT molecular complexity index is 864. The number of aromatic nitrogens is 1. The van der Waals surface area contributed by atoms with Gasteiger partial charge in [-0.2, -0.15) is 0 Å². The highest BCUT2D eigenvalue weighted by molar-refractivity contribution is 5.92. The normalized spacial score (nSPS) is 13.6. The Hall–Kier alpha value is -2.88. The molecule has 0 unspecified atom stereocenters. The topological polar surface area (TPSA) is 46.3 Å². The summed E-state index contributed by atoms with van der Waals surface area (Å²) in [6.45, 7) is 0.541. The van der Waals surface area contributed by atoms with E-state index in [9.17, 15) is 4.79 Å². The van der Waals surface area contributed by atoms with E-state index in [1.54, 1.807) is 18.0 Å². The summed E-state index contributed by atoms with van der Waals surface area (Å²) in [5, 5.41) is 3.93. The lowest BCUT2D eigenvalue weighted by molar-refractivity contribution is 0.0774. The Morgan fingerprint density at radius 2 is 1.76 bits per heavy atom. The molecule has 1 saturated carbocycles. The largest absolute Gasteiger partial charge is 0.360 e. The van der Waals surface area contributed by atoms with E-state index in [2.05, 4.69) is 41.6 Å². The fourth-order valence-electron chi connectivity index (χ4n) is 2.92. The van der Waals surface area contributed by atoms with Crippen LogP contribution in [0.5, 0.6) is 0 Å². The molecule has 0 spiro atoms. The van der Waals surface area contributed by atoms with Gasteiger partial charge in [-0.15, -0.1) is 0 Å². The molecule has 25 heavy (non-hydrogen) atoms. The lowest BCUT2D eigenvalue weighted by Gasteiger charge is -2.16. The van der Waals surface area contributed by atoms with E-state index in [-0.39, 0.29) is 5.91 Å². The average Bonchev–Trinajstić information content (AvgIpc) is 3.39. The number of carbonyl (C=O) groups excluding carboxylic acids is 1. The molecule has 126 valence electrons. The smallest absolute Gasteiger partial charge is 0.276 e. The first-order valence-electron chi connectivity index (χ1n) is 8.57. The van der Waals surface area contributed by atoms with Gasteiger partial charge in [-0.05, 0) is 29.5 Å². The molecule has 0 saturated heterocycles. The maximum absolute atomic E-state index is 12.5. The molecule has 2 aromatic carbocycles. The second kappa shape index (κ2) is 6.55. The molecular formula is C21H20N2O2. The molecule has 4 heteroatoms. The number of benzene rings is 2. The van der Waals surface area contributed by atoms with Crippen LogP contribution < -0.4 is 0 Å². The van der Waals surface area contributed by atoms with E-state index in [0.717, 1.165) is 24.2 Å². The van der Waals surface area contributed by atoms with Crippen LogP contribution in [0.2, 0.25) is 0 Å². The number of hydrogen-bond acceptors (Lipinski definition) is 3. The summed E-state index contributed by atoms with van der Waals surface area (Å²) in [5.41, 5.74) is 3.84. The lowest BCUT2D eigenvalue weighted by Crippen LogP contribution is -2.26. The van der Waals surface area contributed by atoms with E-state index < -0.39 is 0 Å². The zero-order valence-electron chi connectivity index (χ0n) is 14.2. The van der Waals surface area contributed by atoms with Crippen molar-refractivity contribution in [2.75, 3.05) is 7.05 Å². The molecule has 0 N–H and O–H groups in total. The predicted molar refractivity (Wildman–Crippen MR) is 96.2 cm³/mol. The Kier molecular flexibility index (Phi) is 4.10. The van der Waals surface area contributed by atoms with Crippen LogP contribution in [0, 0.1) is 0 Å². The van der Waals surface area contributed by atoms with Crippen molar-refractivity contribution in [3.05, 3.63) is 77.7 Å². The number of rotatable bonds is 5. The number of hydrogen-bond donors (Lipinski definition) is 0. The van der Waals surface area contributed by atoms with Gasteiger partial charge in [0.05, 0.1) is 0 Å². The van der Waals surface area contributed by atoms with Gasteiger partial charge < -0.3 is 9.42 Å². The van der Waals surface area contributed by atoms with Crippen LogP contribution in [0.25, 0.3) is 11.1 Å². The van der Waals surface area contributed by atoms with Gasteiger partial charge in [-0.3, -0.25) is 4.79 Å². The van der Waals surface area contributed by atoms with Gasteiger partial charge in [0.1, 0.15) is 5.76 Å². The molecule has 1 aliphatic carbocycles. The molecule has 0 radical (unpaired) electrons. The minimum atomic E-state index is -0.109. The summed E-state index contributed by atoms with van der Waals surface area (Å²) in [4.78, 5) is 14.2. The highest BCUT2D eigenvalue weighted by Gasteiger charge is 2.29. The second-order valence-corrected chi connectivity index (χ2v) is 6.61. The summed E-state index contributed by atoms with van der Waals surface area (Å²) in [6.07, 6.45) is 2.26. The third-order valence-corrected chi connectivity index (χ3v) is 4.55. The average molecular weight is 332 g/mol. The highest BCUT2D eigenvalue weighted by Crippen LogP contribution is 2.40. The monoisotopic (exact) mass is 332 g/mol. The van der Waals surface area contributed by atoms with Crippen molar-refractivity contribution in [1.29, 1.82) is 0 Å². The van der Waals surface area contributed by atoms with Gasteiger partial charge in [-0.1, -0.05) is 59.8 Å². The van der Waals surface area contributed by atoms with Crippen LogP contribution in [0.3, 0.4) is 0 Å². The van der Waals surface area contributed by atoms with Crippen LogP contribution in [-0.4, -0.2) is 23.0 Å². The van der Waals surface area contributed by atoms with Crippen molar-refractivity contribution >= 4 is 5.91 Å². The van der Waals surface area contributed by atoms with E-state index in [4.69, 9.17) is 4.52 Å². The fourth-order valence-corrected chi connectivity index (χ4v) is 2.92. The Morgan fingerprint density at radius 1 is 1.08 bits per heavy atom. The van der Waals surface area contributed by atoms with Gasteiger partial charge in [0.15, 0.2) is 5.69 Å². The van der Waals surface area contributed by atoms with Gasteiger partial charge in [0.25, 0.3) is 5.91 Å². The van der Waals surface area contributed by atoms with Crippen LogP contribution >= 0.6 is 0 Å². The first kappa shape index (κ1) is 15.6. The SMILES string of the molecule is CN(Cc1ccc(-c2ccccc2)cc1)C(=O)c1cc(C2CC2)on1. The first-order valence-corrected chi connectivity index (χ1v) is 8.57. The van der Waals surface area contributed by atoms with E-state index in [0.29, 0.717) is 18.2 Å². The van der Waals surface area contributed by atoms with Crippen molar-refractivity contribution in [2.45, 2.75) is 25.3 Å². The van der Waals surface area contributed by atoms with Crippen molar-refractivity contribution in [3.8, 4) is 11.1 Å². The Balaban J connectivity index is 1.42. The summed E-state index contributed by atoms with van der Waals surface area (Å²) in [5.74, 6) is 1.19. The van der Waals surface area contributed by atoms with Crippen molar-refractivity contribution in [1.82, 2.24) is 10.1 Å². The highest BCUT2D eigenvalue weighted by atomic mass is 16.5. The van der Waals surface area contributed by atoms with Gasteiger partial charge in [0.2, 0.25) is 0 Å². The zero-order chi connectivity index (χ0) is 17.2. The van der Waals surface area contributed by atoms with E-state index >= 15 is 0 Å². The molecule has 0 aliphatic heterocycles. The third-order valence-electron chi connectivity index (χ3n) is 4.55. The quantitative estimate of drug-likeness (QED) is 0.691. The van der Waals surface area contributed by atoms with Crippen molar-refractivity contribution in [2.24, 2.45) is 0 Å². The molecule has 1 aliphatic rings. The maximum Gasteiger partial charge on any atom is 0.276 e. The van der Waals surface area contributed by atoms with Crippen LogP contribution in [0.15, 0.2) is 65.2 Å². The summed E-state index contributed by atoms with van der Waals surface area (Å²) >= 11 is 0. The van der Waals surface area contributed by atoms with Gasteiger partial charge in [0, 0.05) is 25.6 Å². The maximum atomic E-state index is 12.5. The van der Waals surface area contributed by atoms with E-state index in [1.165, 1.54) is 11.1 Å².